The van der Waals surface area contributed by atoms with Crippen molar-refractivity contribution in [3.63, 3.8) is 0 Å². The van der Waals surface area contributed by atoms with Gasteiger partial charge in [0.05, 0.1) is 0 Å². The van der Waals surface area contributed by atoms with E-state index in [-0.39, 0.29) is 0 Å². The van der Waals surface area contributed by atoms with Crippen molar-refractivity contribution >= 4 is 0 Å². The minimum absolute atomic E-state index is 0.727. The second-order valence-corrected chi connectivity index (χ2v) is 7.60. The van der Waals surface area contributed by atoms with Crippen LogP contribution in [-0.2, 0) is 0 Å². The van der Waals surface area contributed by atoms with Crippen LogP contribution in [0.1, 0.15) is 65.7 Å². The van der Waals surface area contributed by atoms with E-state index in [2.05, 4.69) is 37.6 Å². The molecular formula is C18H36N2. The number of piperidine rings is 1. The van der Waals surface area contributed by atoms with E-state index >= 15 is 0 Å². The van der Waals surface area contributed by atoms with E-state index in [1.54, 1.807) is 0 Å². The second kappa shape index (κ2) is 7.79. The standard InChI is InChI=1S/C18H36N2/c1-5-16-6-8-17(9-7-16)14-19(4)18-10-12-20(13-11-18)15(2)3/h15-18H,5-14H2,1-4H3. The Kier molecular flexibility index (Phi) is 6.35. The molecule has 2 fully saturated rings. The molecule has 0 radical (unpaired) electrons. The minimum Gasteiger partial charge on any atom is -0.303 e. The number of rotatable bonds is 5. The highest BCUT2D eigenvalue weighted by Crippen LogP contribution is 2.31. The lowest BCUT2D eigenvalue weighted by atomic mass is 9.80. The summed E-state index contributed by atoms with van der Waals surface area (Å²) in [5.74, 6) is 2.01. The average molecular weight is 281 g/mol. The van der Waals surface area contributed by atoms with Gasteiger partial charge < -0.3 is 9.80 Å². The summed E-state index contributed by atoms with van der Waals surface area (Å²) in [5, 5.41) is 0. The van der Waals surface area contributed by atoms with E-state index in [1.807, 2.05) is 0 Å². The van der Waals surface area contributed by atoms with Gasteiger partial charge in [-0.1, -0.05) is 26.2 Å². The van der Waals surface area contributed by atoms with Crippen molar-refractivity contribution in [3.8, 4) is 0 Å². The normalized spacial score (nSPS) is 30.3. The van der Waals surface area contributed by atoms with Gasteiger partial charge in [-0.3, -0.25) is 0 Å². The van der Waals surface area contributed by atoms with Gasteiger partial charge in [0.25, 0.3) is 0 Å². The first-order chi connectivity index (χ1) is 9.60. The highest BCUT2D eigenvalue weighted by atomic mass is 15.2. The molecule has 20 heavy (non-hydrogen) atoms. The van der Waals surface area contributed by atoms with Crippen molar-refractivity contribution in [2.45, 2.75) is 77.8 Å². The van der Waals surface area contributed by atoms with E-state index in [1.165, 1.54) is 64.6 Å². The highest BCUT2D eigenvalue weighted by molar-refractivity contribution is 4.82. The zero-order valence-corrected chi connectivity index (χ0v) is 14.3. The first-order valence-electron chi connectivity index (χ1n) is 9.04. The molecule has 0 aromatic rings. The van der Waals surface area contributed by atoms with E-state index in [4.69, 9.17) is 0 Å². The summed E-state index contributed by atoms with van der Waals surface area (Å²) < 4.78 is 0. The van der Waals surface area contributed by atoms with Gasteiger partial charge in [-0.15, -0.1) is 0 Å². The SMILES string of the molecule is CCC1CCC(CN(C)C2CCN(C(C)C)CC2)CC1. The lowest BCUT2D eigenvalue weighted by molar-refractivity contribution is 0.0898. The monoisotopic (exact) mass is 280 g/mol. The molecule has 1 heterocycles. The summed E-state index contributed by atoms with van der Waals surface area (Å²) in [6, 6.07) is 1.57. The molecule has 2 aliphatic rings. The molecule has 0 unspecified atom stereocenters. The zero-order chi connectivity index (χ0) is 14.5. The third-order valence-corrected chi connectivity index (χ3v) is 5.94. The predicted molar refractivity (Wildman–Crippen MR) is 88.1 cm³/mol. The van der Waals surface area contributed by atoms with E-state index in [0.29, 0.717) is 0 Å². The minimum atomic E-state index is 0.727. The molecule has 0 aromatic carbocycles. The fraction of sp³-hybridized carbons (Fsp3) is 1.00. The van der Waals surface area contributed by atoms with Crippen molar-refractivity contribution in [3.05, 3.63) is 0 Å². The molecule has 1 saturated carbocycles. The Balaban J connectivity index is 1.69. The van der Waals surface area contributed by atoms with Gasteiger partial charge in [-0.25, -0.2) is 0 Å². The second-order valence-electron chi connectivity index (χ2n) is 7.60. The summed E-state index contributed by atoms with van der Waals surface area (Å²) in [7, 11) is 2.38. The Hall–Kier alpha value is -0.0800. The topological polar surface area (TPSA) is 6.48 Å². The predicted octanol–water partition coefficient (Wildman–Crippen LogP) is 4.01. The molecule has 2 heteroatoms. The van der Waals surface area contributed by atoms with Crippen LogP contribution in [0.2, 0.25) is 0 Å². The Bertz CT molecular complexity index is 261. The lowest BCUT2D eigenvalue weighted by Crippen LogP contribution is -2.46. The summed E-state index contributed by atoms with van der Waals surface area (Å²) in [4.78, 5) is 5.32. The van der Waals surface area contributed by atoms with Gasteiger partial charge in [0, 0.05) is 18.6 Å². The Morgan fingerprint density at radius 2 is 1.50 bits per heavy atom. The first kappa shape index (κ1) is 16.3. The van der Waals surface area contributed by atoms with Gasteiger partial charge in [0.1, 0.15) is 0 Å². The van der Waals surface area contributed by atoms with Gasteiger partial charge in [-0.2, -0.15) is 0 Å². The molecule has 0 spiro atoms. The van der Waals surface area contributed by atoms with Crippen LogP contribution in [0, 0.1) is 11.8 Å². The van der Waals surface area contributed by atoms with Gasteiger partial charge in [0.15, 0.2) is 0 Å². The van der Waals surface area contributed by atoms with Crippen molar-refractivity contribution in [1.29, 1.82) is 0 Å². The quantitative estimate of drug-likeness (QED) is 0.751. The molecule has 1 aliphatic carbocycles. The number of likely N-dealkylation sites (tertiary alicyclic amines) is 1. The molecule has 0 bridgehead atoms. The molecule has 0 aromatic heterocycles. The number of hydrogen-bond donors (Lipinski definition) is 0. The number of nitrogens with zero attached hydrogens (tertiary/aromatic N) is 2. The van der Waals surface area contributed by atoms with Gasteiger partial charge in [0.2, 0.25) is 0 Å². The summed E-state index contributed by atoms with van der Waals surface area (Å²) in [6.07, 6.45) is 10.1. The van der Waals surface area contributed by atoms with Crippen LogP contribution in [0.25, 0.3) is 0 Å². The van der Waals surface area contributed by atoms with Crippen LogP contribution in [0.4, 0.5) is 0 Å². The van der Waals surface area contributed by atoms with Gasteiger partial charge >= 0.3 is 0 Å². The smallest absolute Gasteiger partial charge is 0.0117 e. The van der Waals surface area contributed by atoms with Crippen LogP contribution in [0.3, 0.4) is 0 Å². The molecule has 0 N–H and O–H groups in total. The van der Waals surface area contributed by atoms with E-state index < -0.39 is 0 Å². The maximum Gasteiger partial charge on any atom is 0.0117 e. The van der Waals surface area contributed by atoms with Crippen LogP contribution in [0.15, 0.2) is 0 Å². The van der Waals surface area contributed by atoms with Crippen LogP contribution >= 0.6 is 0 Å². The average Bonchev–Trinajstić information content (AvgIpc) is 2.48. The molecule has 0 atom stereocenters. The fourth-order valence-corrected chi connectivity index (χ4v) is 4.22. The third kappa shape index (κ3) is 4.46. The highest BCUT2D eigenvalue weighted by Gasteiger charge is 2.26. The molecule has 2 rings (SSSR count). The van der Waals surface area contributed by atoms with Crippen LogP contribution in [0.5, 0.6) is 0 Å². The summed E-state index contributed by atoms with van der Waals surface area (Å²) in [6.45, 7) is 11.0. The maximum atomic E-state index is 2.69. The molecule has 1 saturated heterocycles. The van der Waals surface area contributed by atoms with E-state index in [9.17, 15) is 0 Å². The zero-order valence-electron chi connectivity index (χ0n) is 14.3. The first-order valence-corrected chi connectivity index (χ1v) is 9.04. The molecule has 2 nitrogen and oxygen atoms in total. The van der Waals surface area contributed by atoms with Crippen LogP contribution in [-0.4, -0.2) is 48.6 Å². The van der Waals surface area contributed by atoms with Crippen molar-refractivity contribution in [1.82, 2.24) is 9.80 Å². The molecular weight excluding hydrogens is 244 g/mol. The molecule has 0 amide bonds. The van der Waals surface area contributed by atoms with E-state index in [0.717, 1.165) is 23.9 Å². The van der Waals surface area contributed by atoms with Crippen molar-refractivity contribution in [2.24, 2.45) is 11.8 Å². The summed E-state index contributed by atoms with van der Waals surface area (Å²) >= 11 is 0. The van der Waals surface area contributed by atoms with Crippen LogP contribution < -0.4 is 0 Å². The number of hydrogen-bond acceptors (Lipinski definition) is 2. The maximum absolute atomic E-state index is 2.69. The third-order valence-electron chi connectivity index (χ3n) is 5.94. The van der Waals surface area contributed by atoms with Gasteiger partial charge in [-0.05, 0) is 71.5 Å². The molecule has 1 aliphatic heterocycles. The van der Waals surface area contributed by atoms with Crippen molar-refractivity contribution < 1.29 is 0 Å². The Labute approximate surface area is 126 Å². The Morgan fingerprint density at radius 3 is 2.00 bits per heavy atom. The lowest BCUT2D eigenvalue weighted by Gasteiger charge is -2.40. The van der Waals surface area contributed by atoms with Crippen molar-refractivity contribution in [2.75, 3.05) is 26.7 Å². The Morgan fingerprint density at radius 1 is 0.950 bits per heavy atom. The fourth-order valence-electron chi connectivity index (χ4n) is 4.22. The summed E-state index contributed by atoms with van der Waals surface area (Å²) in [5.41, 5.74) is 0. The largest absolute Gasteiger partial charge is 0.303 e. The molecule has 118 valence electrons.